The maximum atomic E-state index is 12.0. The van der Waals surface area contributed by atoms with Crippen LogP contribution in [0.3, 0.4) is 0 Å². The Morgan fingerprint density at radius 1 is 1.18 bits per heavy atom. The molecule has 1 amide bonds. The number of amides is 1. The van der Waals surface area contributed by atoms with E-state index in [-0.39, 0.29) is 11.9 Å². The number of rotatable bonds is 4. The minimum absolute atomic E-state index is 0.0323. The molecule has 0 aromatic heterocycles. The summed E-state index contributed by atoms with van der Waals surface area (Å²) in [4.78, 5) is 12.0. The van der Waals surface area contributed by atoms with Crippen LogP contribution < -0.4 is 15.4 Å². The summed E-state index contributed by atoms with van der Waals surface area (Å²) < 4.78 is 5.79. The number of hydrogen-bond acceptors (Lipinski definition) is 3. The summed E-state index contributed by atoms with van der Waals surface area (Å²) >= 11 is 0. The predicted octanol–water partition coefficient (Wildman–Crippen LogP) is 3.48. The molecule has 1 aliphatic rings. The molecule has 0 spiro atoms. The molecule has 0 aliphatic carbocycles. The van der Waals surface area contributed by atoms with Gasteiger partial charge in [0.1, 0.15) is 11.5 Å². The van der Waals surface area contributed by atoms with Gasteiger partial charge in [0, 0.05) is 5.69 Å². The fourth-order valence-electron chi connectivity index (χ4n) is 2.56. The van der Waals surface area contributed by atoms with Gasteiger partial charge in [0.05, 0.1) is 6.04 Å². The van der Waals surface area contributed by atoms with Gasteiger partial charge < -0.3 is 15.4 Å². The molecule has 2 N–H and O–H groups in total. The zero-order valence-electron chi connectivity index (χ0n) is 12.6. The minimum Gasteiger partial charge on any atom is -0.457 e. The molecule has 4 heteroatoms. The van der Waals surface area contributed by atoms with Gasteiger partial charge in [0.2, 0.25) is 5.91 Å². The average Bonchev–Trinajstić information content (AvgIpc) is 3.04. The second-order valence-electron chi connectivity index (χ2n) is 5.58. The van der Waals surface area contributed by atoms with Crippen LogP contribution in [0.5, 0.6) is 11.5 Å². The molecule has 0 radical (unpaired) electrons. The molecule has 1 atom stereocenters. The van der Waals surface area contributed by atoms with Gasteiger partial charge in [0.25, 0.3) is 0 Å². The fraction of sp³-hybridized carbons (Fsp3) is 0.278. The first-order chi connectivity index (χ1) is 10.7. The quantitative estimate of drug-likeness (QED) is 0.908. The second-order valence-corrected chi connectivity index (χ2v) is 5.58. The van der Waals surface area contributed by atoms with Gasteiger partial charge in [-0.2, -0.15) is 0 Å². The standard InChI is InChI=1S/C18H20N2O2/c1-13-4-2-5-16(12-13)22-15-9-7-14(8-10-15)20-18(21)17-6-3-11-19-17/h2,4-5,7-10,12,17,19H,3,6,11H2,1H3,(H,20,21). The molecule has 1 aliphatic heterocycles. The van der Waals surface area contributed by atoms with Crippen LogP contribution in [0.4, 0.5) is 5.69 Å². The van der Waals surface area contributed by atoms with Crippen molar-refractivity contribution in [3.63, 3.8) is 0 Å². The normalized spacial score (nSPS) is 17.2. The minimum atomic E-state index is -0.0665. The lowest BCUT2D eigenvalue weighted by atomic mass is 10.2. The SMILES string of the molecule is Cc1cccc(Oc2ccc(NC(=O)C3CCCN3)cc2)c1. The lowest BCUT2D eigenvalue weighted by Gasteiger charge is -2.12. The second kappa shape index (κ2) is 6.62. The van der Waals surface area contributed by atoms with Gasteiger partial charge >= 0.3 is 0 Å². The number of aryl methyl sites for hydroxylation is 1. The number of carbonyl (C=O) groups excluding carboxylic acids is 1. The molecule has 1 heterocycles. The zero-order chi connectivity index (χ0) is 15.4. The van der Waals surface area contributed by atoms with Crippen molar-refractivity contribution in [1.29, 1.82) is 0 Å². The average molecular weight is 296 g/mol. The van der Waals surface area contributed by atoms with Crippen molar-refractivity contribution in [2.45, 2.75) is 25.8 Å². The Bertz CT molecular complexity index is 646. The molecule has 4 nitrogen and oxygen atoms in total. The van der Waals surface area contributed by atoms with Crippen LogP contribution in [0.1, 0.15) is 18.4 Å². The Morgan fingerprint density at radius 2 is 2.00 bits per heavy atom. The van der Waals surface area contributed by atoms with E-state index in [4.69, 9.17) is 4.74 Å². The van der Waals surface area contributed by atoms with E-state index in [1.54, 1.807) is 0 Å². The van der Waals surface area contributed by atoms with Crippen LogP contribution in [0.2, 0.25) is 0 Å². The van der Waals surface area contributed by atoms with Crippen molar-refractivity contribution in [2.24, 2.45) is 0 Å². The van der Waals surface area contributed by atoms with Crippen LogP contribution in [-0.2, 0) is 4.79 Å². The highest BCUT2D eigenvalue weighted by atomic mass is 16.5. The molecule has 0 saturated carbocycles. The van der Waals surface area contributed by atoms with Crippen LogP contribution in [-0.4, -0.2) is 18.5 Å². The molecule has 0 bridgehead atoms. The topological polar surface area (TPSA) is 50.4 Å². The highest BCUT2D eigenvalue weighted by molar-refractivity contribution is 5.95. The molecule has 3 rings (SSSR count). The van der Waals surface area contributed by atoms with E-state index in [0.29, 0.717) is 0 Å². The highest BCUT2D eigenvalue weighted by Crippen LogP contribution is 2.23. The molecule has 2 aromatic rings. The summed E-state index contributed by atoms with van der Waals surface area (Å²) in [6, 6.07) is 15.3. The smallest absolute Gasteiger partial charge is 0.241 e. The van der Waals surface area contributed by atoms with Crippen molar-refractivity contribution in [2.75, 3.05) is 11.9 Å². The summed E-state index contributed by atoms with van der Waals surface area (Å²) in [5.41, 5.74) is 1.95. The first-order valence-electron chi connectivity index (χ1n) is 7.59. The van der Waals surface area contributed by atoms with Gasteiger partial charge in [-0.3, -0.25) is 4.79 Å². The van der Waals surface area contributed by atoms with E-state index in [0.717, 1.165) is 42.1 Å². The lowest BCUT2D eigenvalue weighted by Crippen LogP contribution is -2.35. The zero-order valence-corrected chi connectivity index (χ0v) is 12.6. The molecule has 2 aromatic carbocycles. The largest absolute Gasteiger partial charge is 0.457 e. The first-order valence-corrected chi connectivity index (χ1v) is 7.59. The monoisotopic (exact) mass is 296 g/mol. The molecular formula is C18H20N2O2. The van der Waals surface area contributed by atoms with E-state index in [2.05, 4.69) is 10.6 Å². The van der Waals surface area contributed by atoms with Crippen molar-refractivity contribution >= 4 is 11.6 Å². The number of anilines is 1. The molecule has 22 heavy (non-hydrogen) atoms. The Hall–Kier alpha value is -2.33. The molecule has 114 valence electrons. The summed E-state index contributed by atoms with van der Waals surface area (Å²) in [6.07, 6.45) is 1.96. The van der Waals surface area contributed by atoms with Crippen LogP contribution in [0, 0.1) is 6.92 Å². The highest BCUT2D eigenvalue weighted by Gasteiger charge is 2.21. The van der Waals surface area contributed by atoms with Gasteiger partial charge in [-0.25, -0.2) is 0 Å². The van der Waals surface area contributed by atoms with Crippen LogP contribution in [0.15, 0.2) is 48.5 Å². The maximum Gasteiger partial charge on any atom is 0.241 e. The summed E-state index contributed by atoms with van der Waals surface area (Å²) in [6.45, 7) is 2.95. The third kappa shape index (κ3) is 3.65. The van der Waals surface area contributed by atoms with Crippen molar-refractivity contribution < 1.29 is 9.53 Å². The Morgan fingerprint density at radius 3 is 2.68 bits per heavy atom. The van der Waals surface area contributed by atoms with E-state index in [9.17, 15) is 4.79 Å². The molecule has 1 saturated heterocycles. The molecule has 1 fully saturated rings. The van der Waals surface area contributed by atoms with Gasteiger partial charge in [-0.1, -0.05) is 12.1 Å². The van der Waals surface area contributed by atoms with E-state index in [1.165, 1.54) is 0 Å². The first kappa shape index (κ1) is 14.6. The van der Waals surface area contributed by atoms with E-state index in [1.807, 2.05) is 55.5 Å². The van der Waals surface area contributed by atoms with Crippen LogP contribution in [0.25, 0.3) is 0 Å². The Kier molecular flexibility index (Phi) is 4.39. The third-order valence-electron chi connectivity index (χ3n) is 3.72. The maximum absolute atomic E-state index is 12.0. The van der Waals surface area contributed by atoms with Gasteiger partial charge in [0.15, 0.2) is 0 Å². The van der Waals surface area contributed by atoms with E-state index < -0.39 is 0 Å². The number of ether oxygens (including phenoxy) is 1. The molecular weight excluding hydrogens is 276 g/mol. The Labute approximate surface area is 130 Å². The predicted molar refractivity (Wildman–Crippen MR) is 87.3 cm³/mol. The Balaban J connectivity index is 1.61. The summed E-state index contributed by atoms with van der Waals surface area (Å²) in [5, 5.41) is 6.12. The van der Waals surface area contributed by atoms with Gasteiger partial charge in [-0.05, 0) is 68.3 Å². The summed E-state index contributed by atoms with van der Waals surface area (Å²) in [5.74, 6) is 1.60. The third-order valence-corrected chi connectivity index (χ3v) is 3.72. The summed E-state index contributed by atoms with van der Waals surface area (Å²) in [7, 11) is 0. The van der Waals surface area contributed by atoms with E-state index >= 15 is 0 Å². The molecule has 1 unspecified atom stereocenters. The lowest BCUT2D eigenvalue weighted by molar-refractivity contribution is -0.117. The number of hydrogen-bond donors (Lipinski definition) is 2. The number of carbonyl (C=O) groups is 1. The van der Waals surface area contributed by atoms with Crippen molar-refractivity contribution in [1.82, 2.24) is 5.32 Å². The van der Waals surface area contributed by atoms with Crippen molar-refractivity contribution in [3.8, 4) is 11.5 Å². The van der Waals surface area contributed by atoms with Gasteiger partial charge in [-0.15, -0.1) is 0 Å². The number of benzene rings is 2. The van der Waals surface area contributed by atoms with Crippen LogP contribution >= 0.6 is 0 Å². The fourth-order valence-corrected chi connectivity index (χ4v) is 2.56. The van der Waals surface area contributed by atoms with Crippen molar-refractivity contribution in [3.05, 3.63) is 54.1 Å². The number of nitrogens with one attached hydrogen (secondary N) is 2.